The molecule has 3 rings (SSSR count). The number of ether oxygens (including phenoxy) is 1. The van der Waals surface area contributed by atoms with Gasteiger partial charge in [-0.1, -0.05) is 25.5 Å². The van der Waals surface area contributed by atoms with Crippen LogP contribution in [-0.2, 0) is 9.59 Å². The SMILES string of the molecule is CCCCC(=O)Nc1ccc([C@@H]2SCC(=O)N2c2ccc(OC)cc2)cc1. The number of carbonyl (C=O) groups is 2. The summed E-state index contributed by atoms with van der Waals surface area (Å²) in [5, 5.41) is 2.85. The summed E-state index contributed by atoms with van der Waals surface area (Å²) in [5.74, 6) is 1.34. The molecule has 6 heteroatoms. The number of hydrogen-bond donors (Lipinski definition) is 1. The van der Waals surface area contributed by atoms with Gasteiger partial charge in [0.1, 0.15) is 11.1 Å². The molecule has 0 spiro atoms. The zero-order valence-electron chi connectivity index (χ0n) is 15.6. The van der Waals surface area contributed by atoms with Gasteiger partial charge in [-0.25, -0.2) is 0 Å². The molecule has 1 aliphatic heterocycles. The number of thioether (sulfide) groups is 1. The summed E-state index contributed by atoms with van der Waals surface area (Å²) in [7, 11) is 1.62. The summed E-state index contributed by atoms with van der Waals surface area (Å²) in [5.41, 5.74) is 2.67. The summed E-state index contributed by atoms with van der Waals surface area (Å²) in [6, 6.07) is 15.3. The Morgan fingerprint density at radius 1 is 1.19 bits per heavy atom. The highest BCUT2D eigenvalue weighted by molar-refractivity contribution is 8.00. The van der Waals surface area contributed by atoms with Crippen LogP contribution in [0.5, 0.6) is 5.75 Å². The molecule has 2 aromatic rings. The van der Waals surface area contributed by atoms with Crippen LogP contribution in [-0.4, -0.2) is 24.7 Å². The summed E-state index contributed by atoms with van der Waals surface area (Å²) in [6.07, 6.45) is 2.43. The predicted molar refractivity (Wildman–Crippen MR) is 110 cm³/mol. The van der Waals surface area contributed by atoms with Crippen LogP contribution in [0.3, 0.4) is 0 Å². The number of methoxy groups -OCH3 is 1. The first-order chi connectivity index (χ1) is 13.1. The minimum atomic E-state index is -0.0734. The van der Waals surface area contributed by atoms with Crippen molar-refractivity contribution in [1.82, 2.24) is 0 Å². The lowest BCUT2D eigenvalue weighted by molar-refractivity contribution is -0.116. The Labute approximate surface area is 164 Å². The second-order valence-electron chi connectivity index (χ2n) is 6.40. The Morgan fingerprint density at radius 3 is 2.52 bits per heavy atom. The van der Waals surface area contributed by atoms with Crippen molar-refractivity contribution in [1.29, 1.82) is 0 Å². The van der Waals surface area contributed by atoms with E-state index in [0.717, 1.165) is 35.5 Å². The maximum Gasteiger partial charge on any atom is 0.238 e. The fourth-order valence-electron chi connectivity index (χ4n) is 2.98. The van der Waals surface area contributed by atoms with Crippen LogP contribution in [0.2, 0.25) is 0 Å². The number of anilines is 2. The molecular formula is C21H24N2O3S. The number of hydrogen-bond acceptors (Lipinski definition) is 4. The Morgan fingerprint density at radius 2 is 1.89 bits per heavy atom. The predicted octanol–water partition coefficient (Wildman–Crippen LogP) is 4.60. The summed E-state index contributed by atoms with van der Waals surface area (Å²) < 4.78 is 5.20. The van der Waals surface area contributed by atoms with E-state index in [2.05, 4.69) is 12.2 Å². The molecule has 0 aromatic heterocycles. The van der Waals surface area contributed by atoms with E-state index in [0.29, 0.717) is 12.2 Å². The van der Waals surface area contributed by atoms with Crippen LogP contribution in [0.1, 0.15) is 37.1 Å². The first kappa shape index (κ1) is 19.3. The van der Waals surface area contributed by atoms with E-state index in [1.807, 2.05) is 53.4 Å². The van der Waals surface area contributed by atoms with Gasteiger partial charge in [-0.3, -0.25) is 14.5 Å². The van der Waals surface area contributed by atoms with Crippen LogP contribution in [0.25, 0.3) is 0 Å². The molecular weight excluding hydrogens is 360 g/mol. The second kappa shape index (κ2) is 8.95. The van der Waals surface area contributed by atoms with Crippen LogP contribution >= 0.6 is 11.8 Å². The van der Waals surface area contributed by atoms with E-state index in [1.54, 1.807) is 18.9 Å². The Bertz CT molecular complexity index is 790. The summed E-state index contributed by atoms with van der Waals surface area (Å²) in [6.45, 7) is 2.07. The minimum Gasteiger partial charge on any atom is -0.497 e. The molecule has 1 N–H and O–H groups in total. The summed E-state index contributed by atoms with van der Waals surface area (Å²) in [4.78, 5) is 26.1. The smallest absolute Gasteiger partial charge is 0.238 e. The molecule has 0 bridgehead atoms. The quantitative estimate of drug-likeness (QED) is 0.758. The van der Waals surface area contributed by atoms with Crippen molar-refractivity contribution in [2.75, 3.05) is 23.1 Å². The van der Waals surface area contributed by atoms with Crippen LogP contribution in [0.4, 0.5) is 11.4 Å². The van der Waals surface area contributed by atoms with E-state index < -0.39 is 0 Å². The molecule has 1 fully saturated rings. The molecule has 1 aliphatic rings. The molecule has 0 unspecified atom stereocenters. The molecule has 2 aromatic carbocycles. The van der Waals surface area contributed by atoms with E-state index in [4.69, 9.17) is 4.74 Å². The normalized spacial score (nSPS) is 16.4. The van der Waals surface area contributed by atoms with Crippen molar-refractivity contribution in [2.45, 2.75) is 31.6 Å². The molecule has 0 saturated carbocycles. The number of unbranched alkanes of at least 4 members (excludes halogenated alkanes) is 1. The van der Waals surface area contributed by atoms with Crippen LogP contribution in [0.15, 0.2) is 48.5 Å². The topological polar surface area (TPSA) is 58.6 Å². The van der Waals surface area contributed by atoms with Crippen molar-refractivity contribution in [3.05, 3.63) is 54.1 Å². The Kier molecular flexibility index (Phi) is 6.40. The molecule has 1 atom stereocenters. The molecule has 0 radical (unpaired) electrons. The van der Waals surface area contributed by atoms with Gasteiger partial charge < -0.3 is 10.1 Å². The largest absolute Gasteiger partial charge is 0.497 e. The van der Waals surface area contributed by atoms with Gasteiger partial charge in [0.15, 0.2) is 0 Å². The van der Waals surface area contributed by atoms with E-state index >= 15 is 0 Å². The van der Waals surface area contributed by atoms with Gasteiger partial charge in [0, 0.05) is 17.8 Å². The maximum atomic E-state index is 12.4. The highest BCUT2D eigenvalue weighted by Crippen LogP contribution is 2.42. The number of rotatable bonds is 7. The fraction of sp³-hybridized carbons (Fsp3) is 0.333. The van der Waals surface area contributed by atoms with Gasteiger partial charge in [0.25, 0.3) is 0 Å². The second-order valence-corrected chi connectivity index (χ2v) is 7.47. The maximum absolute atomic E-state index is 12.4. The fourth-order valence-corrected chi connectivity index (χ4v) is 4.16. The molecule has 142 valence electrons. The average molecular weight is 385 g/mol. The third-order valence-corrected chi connectivity index (χ3v) is 5.67. The number of amides is 2. The molecule has 5 nitrogen and oxygen atoms in total. The van der Waals surface area contributed by atoms with Crippen molar-refractivity contribution in [3.8, 4) is 5.75 Å². The zero-order valence-corrected chi connectivity index (χ0v) is 16.4. The van der Waals surface area contributed by atoms with Gasteiger partial charge in [0.2, 0.25) is 11.8 Å². The van der Waals surface area contributed by atoms with Crippen molar-refractivity contribution in [3.63, 3.8) is 0 Å². The molecule has 2 amide bonds. The third-order valence-electron chi connectivity index (χ3n) is 4.46. The Hall–Kier alpha value is -2.47. The van der Waals surface area contributed by atoms with Crippen molar-refractivity contribution in [2.24, 2.45) is 0 Å². The van der Waals surface area contributed by atoms with Crippen LogP contribution in [0, 0.1) is 0 Å². The van der Waals surface area contributed by atoms with Gasteiger partial charge in [-0.15, -0.1) is 11.8 Å². The van der Waals surface area contributed by atoms with Gasteiger partial charge in [0.05, 0.1) is 12.9 Å². The van der Waals surface area contributed by atoms with Gasteiger partial charge >= 0.3 is 0 Å². The lowest BCUT2D eigenvalue weighted by atomic mass is 10.1. The van der Waals surface area contributed by atoms with Gasteiger partial charge in [-0.2, -0.15) is 0 Å². The monoisotopic (exact) mass is 384 g/mol. The molecule has 0 aliphatic carbocycles. The van der Waals surface area contributed by atoms with E-state index in [-0.39, 0.29) is 17.2 Å². The highest BCUT2D eigenvalue weighted by Gasteiger charge is 2.34. The third kappa shape index (κ3) is 4.63. The number of nitrogens with one attached hydrogen (secondary N) is 1. The van der Waals surface area contributed by atoms with E-state index in [9.17, 15) is 9.59 Å². The standard InChI is InChI=1S/C21H24N2O3S/c1-3-4-5-19(24)22-16-8-6-15(7-9-16)21-23(20(25)14-27-21)17-10-12-18(26-2)13-11-17/h6-13,21H,3-5,14H2,1-2H3,(H,22,24)/t21-/m0/s1. The van der Waals surface area contributed by atoms with Crippen molar-refractivity contribution < 1.29 is 14.3 Å². The van der Waals surface area contributed by atoms with Crippen molar-refractivity contribution >= 4 is 35.0 Å². The lowest BCUT2D eigenvalue weighted by Gasteiger charge is -2.24. The van der Waals surface area contributed by atoms with Gasteiger partial charge in [-0.05, 0) is 48.4 Å². The first-order valence-corrected chi connectivity index (χ1v) is 10.1. The van der Waals surface area contributed by atoms with E-state index in [1.165, 1.54) is 0 Å². The summed E-state index contributed by atoms with van der Waals surface area (Å²) >= 11 is 1.61. The lowest BCUT2D eigenvalue weighted by Crippen LogP contribution is -2.27. The number of nitrogens with zero attached hydrogens (tertiary/aromatic N) is 1. The zero-order chi connectivity index (χ0) is 19.2. The highest BCUT2D eigenvalue weighted by atomic mass is 32.2. The number of carbonyl (C=O) groups excluding carboxylic acids is 2. The minimum absolute atomic E-state index is 0.0369. The first-order valence-electron chi connectivity index (χ1n) is 9.10. The molecule has 1 heterocycles. The molecule has 27 heavy (non-hydrogen) atoms. The molecule has 1 saturated heterocycles. The number of benzene rings is 2. The average Bonchev–Trinajstić information content (AvgIpc) is 3.08. The van der Waals surface area contributed by atoms with Crippen LogP contribution < -0.4 is 15.0 Å². The Balaban J connectivity index is 1.74.